The van der Waals surface area contributed by atoms with Gasteiger partial charge in [-0.05, 0) is 56.9 Å². The Kier molecular flexibility index (Phi) is 7.10. The van der Waals surface area contributed by atoms with Crippen LogP contribution in [0.2, 0.25) is 5.02 Å². The molecule has 0 heterocycles. The Morgan fingerprint density at radius 3 is 2.54 bits per heavy atom. The third kappa shape index (κ3) is 5.23. The predicted octanol–water partition coefficient (Wildman–Crippen LogP) is 5.68. The van der Waals surface area contributed by atoms with Gasteiger partial charge in [-0.15, -0.1) is 0 Å². The maximum absolute atomic E-state index is 9.44. The maximum Gasteiger partial charge on any atom is 0.151 e. The zero-order valence-electron chi connectivity index (χ0n) is 14.5. The van der Waals surface area contributed by atoms with Crippen molar-refractivity contribution in [1.82, 2.24) is 0 Å². The molecule has 2 atom stereocenters. The van der Waals surface area contributed by atoms with Crippen LogP contribution in [-0.4, -0.2) is 18.3 Å². The summed E-state index contributed by atoms with van der Waals surface area (Å²) in [6, 6.07) is 13.6. The van der Waals surface area contributed by atoms with E-state index >= 15 is 0 Å². The van der Waals surface area contributed by atoms with Gasteiger partial charge in [-0.3, -0.25) is 0 Å². The van der Waals surface area contributed by atoms with E-state index in [-0.39, 0.29) is 12.2 Å². The van der Waals surface area contributed by atoms with E-state index in [1.54, 1.807) is 14.0 Å². The number of para-hydroxylation sites is 1. The number of hydrogen-bond donors (Lipinski definition) is 1. The molecule has 130 valence electrons. The summed E-state index contributed by atoms with van der Waals surface area (Å²) in [5.41, 5.74) is 2.05. The van der Waals surface area contributed by atoms with Crippen LogP contribution in [0.5, 0.6) is 11.5 Å². The normalized spacial score (nSPS) is 13.5. The molecule has 0 aromatic heterocycles. The zero-order chi connectivity index (χ0) is 17.5. The molecule has 0 saturated heterocycles. The first-order valence-electron chi connectivity index (χ1n) is 8.25. The summed E-state index contributed by atoms with van der Waals surface area (Å²) in [6.45, 7) is 3.82. The van der Waals surface area contributed by atoms with E-state index < -0.39 is 0 Å². The number of aliphatic hydroxyl groups excluding tert-OH is 1. The van der Waals surface area contributed by atoms with E-state index in [4.69, 9.17) is 21.1 Å². The average molecular weight is 349 g/mol. The highest BCUT2D eigenvalue weighted by molar-refractivity contribution is 6.32. The third-order valence-corrected chi connectivity index (χ3v) is 4.22. The van der Waals surface area contributed by atoms with Crippen molar-refractivity contribution in [2.24, 2.45) is 0 Å². The highest BCUT2D eigenvalue weighted by atomic mass is 35.5. The molecule has 24 heavy (non-hydrogen) atoms. The van der Waals surface area contributed by atoms with E-state index in [1.807, 2.05) is 49.4 Å². The lowest BCUT2D eigenvalue weighted by Crippen LogP contribution is -2.06. The van der Waals surface area contributed by atoms with Crippen molar-refractivity contribution in [3.63, 3.8) is 0 Å². The second-order valence-corrected chi connectivity index (χ2v) is 6.49. The average Bonchev–Trinajstić information content (AvgIpc) is 2.54. The molecule has 4 heteroatoms. The van der Waals surface area contributed by atoms with Crippen molar-refractivity contribution in [3.05, 3.63) is 58.6 Å². The second-order valence-electron chi connectivity index (χ2n) is 6.08. The fraction of sp³-hybridized carbons (Fsp3) is 0.400. The summed E-state index contributed by atoms with van der Waals surface area (Å²) in [7, 11) is 1.68. The third-order valence-electron chi connectivity index (χ3n) is 3.93. The highest BCUT2D eigenvalue weighted by Gasteiger charge is 2.19. The zero-order valence-corrected chi connectivity index (χ0v) is 15.2. The number of hydrogen-bond acceptors (Lipinski definition) is 3. The minimum absolute atomic E-state index is 0.123. The fourth-order valence-electron chi connectivity index (χ4n) is 2.68. The largest absolute Gasteiger partial charge is 0.455 e. The van der Waals surface area contributed by atoms with Crippen LogP contribution in [0.3, 0.4) is 0 Å². The number of benzene rings is 2. The number of aryl methyl sites for hydroxylation is 1. The van der Waals surface area contributed by atoms with Crippen molar-refractivity contribution >= 4 is 11.6 Å². The summed E-state index contributed by atoms with van der Waals surface area (Å²) >= 11 is 6.38. The number of ether oxygens (including phenoxy) is 2. The molecule has 2 unspecified atom stereocenters. The van der Waals surface area contributed by atoms with Gasteiger partial charge in [0.05, 0.1) is 17.2 Å². The van der Waals surface area contributed by atoms with Gasteiger partial charge in [0, 0.05) is 12.7 Å². The Bertz CT molecular complexity index is 655. The molecule has 0 fully saturated rings. The monoisotopic (exact) mass is 348 g/mol. The molecule has 0 spiro atoms. The van der Waals surface area contributed by atoms with Gasteiger partial charge >= 0.3 is 0 Å². The second kappa shape index (κ2) is 9.07. The van der Waals surface area contributed by atoms with Crippen LogP contribution in [0.15, 0.2) is 42.5 Å². The molecule has 0 bridgehead atoms. The van der Waals surface area contributed by atoms with E-state index in [0.717, 1.165) is 36.1 Å². The Hall–Kier alpha value is -1.55. The van der Waals surface area contributed by atoms with Gasteiger partial charge < -0.3 is 14.6 Å². The van der Waals surface area contributed by atoms with Gasteiger partial charge in [-0.1, -0.05) is 35.9 Å². The Labute approximate surface area is 149 Å². The van der Waals surface area contributed by atoms with Crippen LogP contribution in [0.25, 0.3) is 0 Å². The van der Waals surface area contributed by atoms with Crippen molar-refractivity contribution < 1.29 is 14.6 Å². The van der Waals surface area contributed by atoms with Gasteiger partial charge in [0.15, 0.2) is 5.75 Å². The molecule has 0 radical (unpaired) electrons. The molecular weight excluding hydrogens is 324 g/mol. The number of halogens is 1. The number of rotatable bonds is 8. The lowest BCUT2D eigenvalue weighted by Gasteiger charge is -2.20. The molecule has 2 aromatic rings. The Balaban J connectivity index is 2.24. The van der Waals surface area contributed by atoms with Crippen LogP contribution in [0.4, 0.5) is 0 Å². The van der Waals surface area contributed by atoms with Crippen LogP contribution in [-0.2, 0) is 4.74 Å². The minimum atomic E-state index is -0.301. The number of methoxy groups -OCH3 is 1. The highest BCUT2D eigenvalue weighted by Crippen LogP contribution is 2.39. The Morgan fingerprint density at radius 1 is 1.12 bits per heavy atom. The van der Waals surface area contributed by atoms with Crippen molar-refractivity contribution in [1.29, 1.82) is 0 Å². The van der Waals surface area contributed by atoms with E-state index in [9.17, 15) is 5.11 Å². The molecule has 0 aliphatic heterocycles. The van der Waals surface area contributed by atoms with E-state index in [0.29, 0.717) is 10.8 Å². The van der Waals surface area contributed by atoms with Crippen molar-refractivity contribution in [2.45, 2.75) is 45.3 Å². The van der Waals surface area contributed by atoms with Gasteiger partial charge in [-0.2, -0.15) is 0 Å². The smallest absolute Gasteiger partial charge is 0.151 e. The van der Waals surface area contributed by atoms with Gasteiger partial charge in [0.1, 0.15) is 5.75 Å². The molecule has 0 aliphatic carbocycles. The standard InChI is InChI=1S/C20H25ClO3/c1-14-7-4-9-16(13-14)24-20-17(10-6-11-18(20)21)19(23-3)12-5-8-15(2)22/h4,6-7,9-11,13,15,19,22H,5,8,12H2,1-3H3. The molecular formula is C20H25ClO3. The molecule has 2 aromatic carbocycles. The van der Waals surface area contributed by atoms with Crippen LogP contribution in [0.1, 0.15) is 43.4 Å². The first-order valence-corrected chi connectivity index (χ1v) is 8.63. The number of aliphatic hydroxyl groups is 1. The molecule has 0 saturated carbocycles. The van der Waals surface area contributed by atoms with Crippen molar-refractivity contribution in [2.75, 3.05) is 7.11 Å². The molecule has 0 aliphatic rings. The summed E-state index contributed by atoms with van der Waals surface area (Å²) in [6.07, 6.45) is 1.99. The topological polar surface area (TPSA) is 38.7 Å². The SMILES string of the molecule is COC(CCCC(C)O)c1cccc(Cl)c1Oc1cccc(C)c1. The lowest BCUT2D eigenvalue weighted by atomic mass is 10.0. The van der Waals surface area contributed by atoms with E-state index in [2.05, 4.69) is 0 Å². The molecule has 1 N–H and O–H groups in total. The van der Waals surface area contributed by atoms with Gasteiger partial charge in [0.2, 0.25) is 0 Å². The minimum Gasteiger partial charge on any atom is -0.455 e. The summed E-state index contributed by atoms with van der Waals surface area (Å²) in [4.78, 5) is 0. The van der Waals surface area contributed by atoms with Crippen molar-refractivity contribution in [3.8, 4) is 11.5 Å². The first-order chi connectivity index (χ1) is 11.5. The maximum atomic E-state index is 9.44. The van der Waals surface area contributed by atoms with Gasteiger partial charge in [0.25, 0.3) is 0 Å². The molecule has 2 rings (SSSR count). The quantitative estimate of drug-likeness (QED) is 0.667. The predicted molar refractivity (Wildman–Crippen MR) is 98.0 cm³/mol. The van der Waals surface area contributed by atoms with Crippen LogP contribution < -0.4 is 4.74 Å². The summed E-state index contributed by atoms with van der Waals surface area (Å²) < 4.78 is 11.7. The van der Waals surface area contributed by atoms with Gasteiger partial charge in [-0.25, -0.2) is 0 Å². The lowest BCUT2D eigenvalue weighted by molar-refractivity contribution is 0.0860. The molecule has 3 nitrogen and oxygen atoms in total. The first kappa shape index (κ1) is 18.8. The van der Waals surface area contributed by atoms with Crippen LogP contribution in [0, 0.1) is 6.92 Å². The Morgan fingerprint density at radius 2 is 1.88 bits per heavy atom. The summed E-state index contributed by atoms with van der Waals surface area (Å²) in [5.74, 6) is 1.39. The fourth-order valence-corrected chi connectivity index (χ4v) is 2.90. The van der Waals surface area contributed by atoms with Crippen LogP contribution >= 0.6 is 11.6 Å². The molecule has 0 amide bonds. The van der Waals surface area contributed by atoms with E-state index in [1.165, 1.54) is 0 Å². The summed E-state index contributed by atoms with van der Waals surface area (Å²) in [5, 5.41) is 10.0.